The van der Waals surface area contributed by atoms with Gasteiger partial charge in [0.15, 0.2) is 5.82 Å². The first kappa shape index (κ1) is 16.1. The van der Waals surface area contributed by atoms with Gasteiger partial charge in [-0.2, -0.15) is 0 Å². The summed E-state index contributed by atoms with van der Waals surface area (Å²) in [4.78, 5) is 28.7. The molecular weight excluding hydrogens is 320 g/mol. The fourth-order valence-corrected chi connectivity index (χ4v) is 4.28. The minimum Gasteiger partial charge on any atom is -0.331 e. The third-order valence-electron chi connectivity index (χ3n) is 5.62. The smallest absolute Gasteiger partial charge is 0.317 e. The number of nitrogens with zero attached hydrogens (tertiary/aromatic N) is 4. The first-order chi connectivity index (χ1) is 12.2. The highest BCUT2D eigenvalue weighted by atomic mass is 16.2. The van der Waals surface area contributed by atoms with E-state index in [1.54, 1.807) is 16.8 Å². The Morgan fingerprint density at radius 1 is 1.20 bits per heavy atom. The van der Waals surface area contributed by atoms with Gasteiger partial charge in [-0.25, -0.2) is 4.79 Å². The second-order valence-electron chi connectivity index (χ2n) is 7.15. The van der Waals surface area contributed by atoms with Crippen LogP contribution in [0.15, 0.2) is 17.2 Å². The van der Waals surface area contributed by atoms with Crippen LogP contribution in [0.1, 0.15) is 44.3 Å². The van der Waals surface area contributed by atoms with Crippen molar-refractivity contribution in [2.45, 2.75) is 45.1 Å². The molecule has 2 aliphatic rings. The van der Waals surface area contributed by atoms with Gasteiger partial charge < -0.3 is 15.2 Å². The Balaban J connectivity index is 1.38. The van der Waals surface area contributed by atoms with E-state index in [0.29, 0.717) is 11.7 Å². The van der Waals surface area contributed by atoms with Crippen molar-refractivity contribution in [2.75, 3.05) is 13.1 Å². The Labute approximate surface area is 145 Å². The molecule has 1 saturated carbocycles. The summed E-state index contributed by atoms with van der Waals surface area (Å²) in [6.07, 6.45) is 10.9. The summed E-state index contributed by atoms with van der Waals surface area (Å²) in [5.74, 6) is 2.00. The van der Waals surface area contributed by atoms with E-state index in [0.717, 1.165) is 25.4 Å². The standard InChI is InChI=1S/C17H24N6O2/c24-16-15-21-20-14(23(15)9-7-18-16)10-19-17(25)22-8-3-6-13(11-22)12-4-1-2-5-12/h7,9,12-13H,1-6,8,10-11H2,(H,18,24)(H,19,25). The number of nitrogens with one attached hydrogen (secondary N) is 2. The van der Waals surface area contributed by atoms with Crippen molar-refractivity contribution in [1.82, 2.24) is 29.8 Å². The Morgan fingerprint density at radius 2 is 2.00 bits per heavy atom. The second-order valence-corrected chi connectivity index (χ2v) is 7.15. The summed E-state index contributed by atoms with van der Waals surface area (Å²) in [6.45, 7) is 1.93. The van der Waals surface area contributed by atoms with E-state index < -0.39 is 0 Å². The molecule has 1 aliphatic heterocycles. The van der Waals surface area contributed by atoms with Crippen molar-refractivity contribution in [3.63, 3.8) is 0 Å². The number of aromatic nitrogens is 4. The number of rotatable bonds is 3. The van der Waals surface area contributed by atoms with E-state index >= 15 is 0 Å². The molecule has 1 unspecified atom stereocenters. The quantitative estimate of drug-likeness (QED) is 0.883. The monoisotopic (exact) mass is 344 g/mol. The van der Waals surface area contributed by atoms with Gasteiger partial charge in [0, 0.05) is 25.5 Å². The minimum atomic E-state index is -0.289. The molecule has 25 heavy (non-hydrogen) atoms. The lowest BCUT2D eigenvalue weighted by Crippen LogP contribution is -2.46. The van der Waals surface area contributed by atoms with Gasteiger partial charge in [-0.15, -0.1) is 10.2 Å². The maximum absolute atomic E-state index is 12.5. The number of likely N-dealkylation sites (tertiary alicyclic amines) is 1. The number of amides is 2. The molecule has 1 atom stereocenters. The minimum absolute atomic E-state index is 0.0516. The van der Waals surface area contributed by atoms with Crippen molar-refractivity contribution in [3.05, 3.63) is 28.6 Å². The molecule has 8 nitrogen and oxygen atoms in total. The highest BCUT2D eigenvalue weighted by Crippen LogP contribution is 2.35. The summed E-state index contributed by atoms with van der Waals surface area (Å²) in [5.41, 5.74) is -0.0472. The molecule has 4 rings (SSSR count). The fraction of sp³-hybridized carbons (Fsp3) is 0.647. The lowest BCUT2D eigenvalue weighted by molar-refractivity contribution is 0.141. The molecule has 2 aromatic rings. The van der Waals surface area contributed by atoms with E-state index in [1.165, 1.54) is 32.1 Å². The van der Waals surface area contributed by atoms with Crippen LogP contribution in [0, 0.1) is 11.8 Å². The maximum Gasteiger partial charge on any atom is 0.317 e. The molecular formula is C17H24N6O2. The number of fused-ring (bicyclic) bond motifs is 1. The number of carbonyl (C=O) groups is 1. The predicted octanol–water partition coefficient (Wildman–Crippen LogP) is 1.53. The van der Waals surface area contributed by atoms with Crippen LogP contribution in [0.3, 0.4) is 0 Å². The molecule has 1 saturated heterocycles. The third-order valence-corrected chi connectivity index (χ3v) is 5.62. The molecule has 0 aromatic carbocycles. The topological polar surface area (TPSA) is 95.4 Å². The largest absolute Gasteiger partial charge is 0.331 e. The van der Waals surface area contributed by atoms with Gasteiger partial charge in [-0.05, 0) is 24.7 Å². The van der Waals surface area contributed by atoms with Crippen LogP contribution in [0.25, 0.3) is 5.65 Å². The average Bonchev–Trinajstić information content (AvgIpc) is 3.30. The molecule has 2 N–H and O–H groups in total. The lowest BCUT2D eigenvalue weighted by atomic mass is 9.84. The van der Waals surface area contributed by atoms with Crippen LogP contribution in [0.2, 0.25) is 0 Å². The molecule has 2 amide bonds. The zero-order valence-electron chi connectivity index (χ0n) is 14.3. The van der Waals surface area contributed by atoms with Crippen LogP contribution in [0.5, 0.6) is 0 Å². The molecule has 3 heterocycles. The molecule has 0 radical (unpaired) electrons. The van der Waals surface area contributed by atoms with Crippen LogP contribution in [-0.2, 0) is 6.54 Å². The van der Waals surface area contributed by atoms with Crippen molar-refractivity contribution < 1.29 is 4.79 Å². The lowest BCUT2D eigenvalue weighted by Gasteiger charge is -2.35. The second kappa shape index (κ2) is 6.85. The highest BCUT2D eigenvalue weighted by molar-refractivity contribution is 5.74. The number of aromatic amines is 1. The summed E-state index contributed by atoms with van der Waals surface area (Å²) in [5, 5.41) is 10.8. The number of urea groups is 1. The van der Waals surface area contributed by atoms with Crippen molar-refractivity contribution >= 4 is 11.7 Å². The van der Waals surface area contributed by atoms with E-state index in [4.69, 9.17) is 0 Å². The van der Waals surface area contributed by atoms with Crippen LogP contribution < -0.4 is 10.9 Å². The van der Waals surface area contributed by atoms with Gasteiger partial charge in [0.25, 0.3) is 5.56 Å². The van der Waals surface area contributed by atoms with E-state index in [1.807, 2.05) is 4.90 Å². The molecule has 8 heteroatoms. The SMILES string of the molecule is O=C(NCc1nnc2c(=O)[nH]ccn12)N1CCCC(C2CCCC2)C1. The van der Waals surface area contributed by atoms with Crippen LogP contribution in [0.4, 0.5) is 4.79 Å². The normalized spacial score (nSPS) is 21.8. The van der Waals surface area contributed by atoms with Crippen LogP contribution >= 0.6 is 0 Å². The first-order valence-corrected chi connectivity index (χ1v) is 9.16. The van der Waals surface area contributed by atoms with Crippen molar-refractivity contribution in [3.8, 4) is 0 Å². The number of hydrogen-bond donors (Lipinski definition) is 2. The molecule has 134 valence electrons. The van der Waals surface area contributed by atoms with Gasteiger partial charge in [0.05, 0.1) is 6.54 Å². The highest BCUT2D eigenvalue weighted by Gasteiger charge is 2.31. The van der Waals surface area contributed by atoms with Gasteiger partial charge in [-0.1, -0.05) is 25.7 Å². The summed E-state index contributed by atoms with van der Waals surface area (Å²) in [6, 6.07) is -0.0516. The number of carbonyl (C=O) groups excluding carboxylic acids is 1. The van der Waals surface area contributed by atoms with Gasteiger partial charge in [0.1, 0.15) is 0 Å². The first-order valence-electron chi connectivity index (χ1n) is 9.16. The van der Waals surface area contributed by atoms with Crippen molar-refractivity contribution in [1.29, 1.82) is 0 Å². The molecule has 2 aromatic heterocycles. The molecule has 0 bridgehead atoms. The van der Waals surface area contributed by atoms with Crippen LogP contribution in [-0.4, -0.2) is 43.6 Å². The number of hydrogen-bond acceptors (Lipinski definition) is 4. The zero-order valence-corrected chi connectivity index (χ0v) is 14.3. The Kier molecular flexibility index (Phi) is 4.42. The predicted molar refractivity (Wildman–Crippen MR) is 92.1 cm³/mol. The maximum atomic E-state index is 12.5. The number of H-pyrrole nitrogens is 1. The zero-order chi connectivity index (χ0) is 17.2. The Bertz CT molecular complexity index is 807. The van der Waals surface area contributed by atoms with Gasteiger partial charge in [0.2, 0.25) is 5.65 Å². The Hall–Kier alpha value is -2.38. The average molecular weight is 344 g/mol. The summed E-state index contributed by atoms with van der Waals surface area (Å²) in [7, 11) is 0. The van der Waals surface area contributed by atoms with Crippen molar-refractivity contribution in [2.24, 2.45) is 11.8 Å². The molecule has 2 fully saturated rings. The third kappa shape index (κ3) is 3.25. The van der Waals surface area contributed by atoms with E-state index in [-0.39, 0.29) is 23.8 Å². The molecule has 1 aliphatic carbocycles. The van der Waals surface area contributed by atoms with E-state index in [2.05, 4.69) is 20.5 Å². The van der Waals surface area contributed by atoms with Gasteiger partial charge >= 0.3 is 6.03 Å². The van der Waals surface area contributed by atoms with Gasteiger partial charge in [-0.3, -0.25) is 9.20 Å². The van der Waals surface area contributed by atoms with E-state index in [9.17, 15) is 9.59 Å². The Morgan fingerprint density at radius 3 is 2.84 bits per heavy atom. The number of piperidine rings is 1. The summed E-state index contributed by atoms with van der Waals surface area (Å²) < 4.78 is 1.61. The molecule has 0 spiro atoms. The fourth-order valence-electron chi connectivity index (χ4n) is 4.28. The summed E-state index contributed by atoms with van der Waals surface area (Å²) >= 11 is 0.